The first-order valence-corrected chi connectivity index (χ1v) is 43.1. The summed E-state index contributed by atoms with van der Waals surface area (Å²) in [6, 6.07) is 82.0. The number of likely N-dealkylation sites (N-methyl/N-ethyl adjacent to an activating group) is 3. The highest BCUT2D eigenvalue weighted by molar-refractivity contribution is 6.30. The molecule has 0 aromatic heterocycles. The zero-order valence-electron chi connectivity index (χ0n) is 73.1. The monoisotopic (exact) mass is 2030 g/mol. The van der Waals surface area contributed by atoms with Crippen LogP contribution in [0.5, 0.6) is 34.5 Å². The van der Waals surface area contributed by atoms with E-state index in [0.29, 0.717) is 55.0 Å². The minimum atomic E-state index is -0.0926. The Kier molecular flexibility index (Phi) is 60.8. The standard InChI is InChI=1S/C34H49N2O2.C34H46NO4.C33H43ClN2O3.3CH4.3HI/c1-35(2)32(27-30-17-11-9-12-18-30)28-36(3,4)25-15-7-5-6-8-16-26-37-33-21-23-34(24-22-33)38-29-31-19-13-10-14-20-31;1-35(2,3)31-20-18-29(19-21-31)16-13-17-34(36)38-27-12-7-5-4-6-11-26-37-32-22-24-33(25-23-32)39-28-30-14-9-8-10-15-30;1-36(2,3)32(25-27-14-9-8-10-15-27)33(37)35-22-11-6-4-5-7-12-23-38-30-18-20-31(21-19-30)39-26-28-16-13-17-29(34)24-28;;;;;;/h9-14,17-24,32H,5-8,15-16,25-29H2,1-4H3;8-10,14-15,18-25H,4-7,11-13,16-17,26-28H2,1-3H3;8-10,13-21,24,32H,4-7,11-12,22-23,25-26H2,1-3H3;3*1H4;3*1H/q2*+1;;;;;;;/p-2/t32-;;32-;;;;;;/m0.0....../s1. The molecule has 0 saturated heterocycles. The Labute approximate surface area is 794 Å². The van der Waals surface area contributed by atoms with E-state index in [-0.39, 0.29) is 112 Å². The van der Waals surface area contributed by atoms with Crippen molar-refractivity contribution < 1.29 is 124 Å². The van der Waals surface area contributed by atoms with Crippen molar-refractivity contribution in [2.75, 3.05) is 117 Å². The van der Waals surface area contributed by atoms with Gasteiger partial charge in [-0.2, -0.15) is 0 Å². The molecular formula is C104H151ClI3N5O9. The zero-order valence-corrected chi connectivity index (χ0v) is 80.3. The number of amides is 1. The maximum atomic E-state index is 12.9. The van der Waals surface area contributed by atoms with Crippen molar-refractivity contribution in [1.82, 2.24) is 14.7 Å². The molecule has 0 aliphatic rings. The van der Waals surface area contributed by atoms with Crippen LogP contribution in [-0.2, 0) is 53.4 Å². The van der Waals surface area contributed by atoms with Gasteiger partial charge in [0.15, 0.2) is 6.04 Å². The summed E-state index contributed by atoms with van der Waals surface area (Å²) in [5, 5.41) is 3.89. The Bertz CT molecular complexity index is 4050. The van der Waals surface area contributed by atoms with Crippen LogP contribution in [-0.4, -0.2) is 154 Å². The highest BCUT2D eigenvalue weighted by atomic mass is 127. The van der Waals surface area contributed by atoms with Crippen molar-refractivity contribution in [2.45, 2.75) is 202 Å². The number of halogens is 4. The van der Waals surface area contributed by atoms with Gasteiger partial charge in [-0.05, 0) is 209 Å². The highest BCUT2D eigenvalue weighted by Crippen LogP contribution is 2.26. The third-order valence-electron chi connectivity index (χ3n) is 20.7. The average molecular weight is 2030 g/mol. The van der Waals surface area contributed by atoms with Gasteiger partial charge < -0.3 is 124 Å². The molecule has 0 heterocycles. The molecule has 0 saturated carbocycles. The maximum Gasteiger partial charge on any atom is 0.305 e. The van der Waals surface area contributed by atoms with Crippen LogP contribution in [0.15, 0.2) is 243 Å². The number of unbranched alkanes of at least 4 members (excludes halogenated alkanes) is 15. The third kappa shape index (κ3) is 50.3. The number of nitrogens with one attached hydrogen (secondary N) is 1. The second-order valence-electron chi connectivity index (χ2n) is 33.3. The van der Waals surface area contributed by atoms with Crippen molar-refractivity contribution in [3.63, 3.8) is 0 Å². The first-order valence-electron chi connectivity index (χ1n) is 42.7. The Morgan fingerprint density at radius 1 is 0.369 bits per heavy atom. The van der Waals surface area contributed by atoms with Gasteiger partial charge in [-0.1, -0.05) is 250 Å². The lowest BCUT2D eigenvalue weighted by Gasteiger charge is -2.36. The summed E-state index contributed by atoms with van der Waals surface area (Å²) >= 11 is 6.02. The lowest BCUT2D eigenvalue weighted by Crippen LogP contribution is -3.00. The van der Waals surface area contributed by atoms with Crippen LogP contribution in [0.2, 0.25) is 5.02 Å². The fourth-order valence-corrected chi connectivity index (χ4v) is 13.8. The number of benzene rings is 9. The largest absolute Gasteiger partial charge is 1.00 e. The number of hydrogen-bond acceptors (Lipinski definition) is 10. The van der Waals surface area contributed by atoms with Gasteiger partial charge in [-0.15, -0.1) is 0 Å². The number of rotatable bonds is 53. The molecule has 0 spiro atoms. The van der Waals surface area contributed by atoms with E-state index in [1.807, 2.05) is 152 Å². The quantitative estimate of drug-likeness (QED) is 0.0171. The van der Waals surface area contributed by atoms with E-state index in [4.69, 9.17) is 44.8 Å². The minimum Gasteiger partial charge on any atom is -1.00 e. The van der Waals surface area contributed by atoms with E-state index in [9.17, 15) is 9.59 Å². The average Bonchev–Trinajstić information content (AvgIpc) is 0.852. The molecule has 1 amide bonds. The van der Waals surface area contributed by atoms with Crippen LogP contribution in [0.3, 0.4) is 0 Å². The molecule has 0 fully saturated rings. The molecule has 14 nitrogen and oxygen atoms in total. The summed E-state index contributed by atoms with van der Waals surface area (Å²) in [7, 11) is 22.0. The van der Waals surface area contributed by atoms with E-state index in [1.165, 1.54) is 92.4 Å². The SMILES string of the molecule is C.C.C.CN(C)[C@@H](Cc1ccccc1)C[N+](C)(C)CCCCCCCCOc1ccc(OCc2ccccc2)cc1.C[N+](C)(C)[C@@H](Cc1ccccc1)C(=O)NCCCCCCCCOc1ccc(OCc2cccc(Cl)c2)cc1.C[N+](C)(C)c1ccc(CCCC(=O)OCCCCCCCCOc2ccc(OCc3ccccc3)cc2)cc1.[I-].[I-].[I-]. The van der Waals surface area contributed by atoms with E-state index in [0.717, 1.165) is 164 Å². The Hall–Kier alpha value is -6.96. The van der Waals surface area contributed by atoms with Crippen LogP contribution >= 0.6 is 11.6 Å². The molecule has 122 heavy (non-hydrogen) atoms. The summed E-state index contributed by atoms with van der Waals surface area (Å²) in [5.41, 5.74) is 8.55. The lowest BCUT2D eigenvalue weighted by molar-refractivity contribution is -0.892. The number of esters is 1. The van der Waals surface area contributed by atoms with Crippen molar-refractivity contribution in [3.8, 4) is 34.5 Å². The van der Waals surface area contributed by atoms with Crippen LogP contribution < -0.4 is 110 Å². The van der Waals surface area contributed by atoms with Gasteiger partial charge in [-0.25, -0.2) is 0 Å². The van der Waals surface area contributed by atoms with Gasteiger partial charge in [-0.3, -0.25) is 14.1 Å². The smallest absolute Gasteiger partial charge is 0.305 e. The summed E-state index contributed by atoms with van der Waals surface area (Å²) in [5.74, 6) is 5.25. The van der Waals surface area contributed by atoms with Crippen LogP contribution in [0.25, 0.3) is 0 Å². The molecule has 9 rings (SSSR count). The Morgan fingerprint density at radius 3 is 1.11 bits per heavy atom. The predicted molar refractivity (Wildman–Crippen MR) is 501 cm³/mol. The molecule has 0 unspecified atom stereocenters. The first-order chi connectivity index (χ1) is 56.1. The van der Waals surface area contributed by atoms with Crippen molar-refractivity contribution in [3.05, 3.63) is 281 Å². The third-order valence-corrected chi connectivity index (χ3v) is 20.9. The second-order valence-corrected chi connectivity index (χ2v) is 33.7. The number of aryl methyl sites for hydroxylation is 1. The van der Waals surface area contributed by atoms with E-state index < -0.39 is 0 Å². The number of quaternary nitrogens is 3. The maximum absolute atomic E-state index is 12.9. The van der Waals surface area contributed by atoms with E-state index >= 15 is 0 Å². The second kappa shape index (κ2) is 65.6. The van der Waals surface area contributed by atoms with Crippen molar-refractivity contribution in [1.29, 1.82) is 0 Å². The van der Waals surface area contributed by atoms with Crippen LogP contribution in [0.1, 0.15) is 184 Å². The molecule has 9 aromatic rings. The Morgan fingerprint density at radius 2 is 0.721 bits per heavy atom. The van der Waals surface area contributed by atoms with Gasteiger partial charge in [0, 0.05) is 24.4 Å². The number of carbonyl (C=O) groups is 2. The van der Waals surface area contributed by atoms with Crippen molar-refractivity contribution >= 4 is 29.2 Å². The van der Waals surface area contributed by atoms with Gasteiger partial charge in [0.1, 0.15) is 60.0 Å². The fraction of sp³-hybridized carbons (Fsp3) is 0.462. The predicted octanol–water partition coefficient (Wildman–Crippen LogP) is 15.0. The summed E-state index contributed by atoms with van der Waals surface area (Å²) in [6.45, 7) is 7.55. The number of nitrogens with zero attached hydrogens (tertiary/aromatic N) is 4. The summed E-state index contributed by atoms with van der Waals surface area (Å²) in [4.78, 5) is 27.3. The van der Waals surface area contributed by atoms with E-state index in [2.05, 4.69) is 172 Å². The highest BCUT2D eigenvalue weighted by Gasteiger charge is 2.31. The first kappa shape index (κ1) is 113. The van der Waals surface area contributed by atoms with Gasteiger partial charge in [0.05, 0.1) is 102 Å². The van der Waals surface area contributed by atoms with Gasteiger partial charge >= 0.3 is 5.97 Å². The molecular weight excluding hydrogens is 1880 g/mol. The lowest BCUT2D eigenvalue weighted by atomic mass is 10.0. The summed E-state index contributed by atoms with van der Waals surface area (Å²) < 4.78 is 43.1. The minimum absolute atomic E-state index is 0. The summed E-state index contributed by atoms with van der Waals surface area (Å²) in [6.07, 6.45) is 24.9. The molecule has 0 bridgehead atoms. The molecule has 0 radical (unpaired) electrons. The molecule has 0 aliphatic carbocycles. The molecule has 1 N–H and O–H groups in total. The topological polar surface area (TPSA) is 114 Å². The molecule has 2 atom stereocenters. The zero-order chi connectivity index (χ0) is 82.7. The molecule has 9 aromatic carbocycles. The molecule has 674 valence electrons. The van der Waals surface area contributed by atoms with Crippen molar-refractivity contribution in [2.24, 2.45) is 0 Å². The van der Waals surface area contributed by atoms with Gasteiger partial charge in [0.25, 0.3) is 5.91 Å². The van der Waals surface area contributed by atoms with E-state index in [1.54, 1.807) is 0 Å². The molecule has 18 heteroatoms. The number of carbonyl (C=O) groups excluding carboxylic acids is 2. The van der Waals surface area contributed by atoms with Crippen LogP contribution in [0, 0.1) is 0 Å². The Balaban J connectivity index is 0.000000893. The number of hydrogen-bond donors (Lipinski definition) is 1. The number of ether oxygens (including phenoxy) is 7. The molecule has 0 aliphatic heterocycles. The fourth-order valence-electron chi connectivity index (χ4n) is 13.6. The van der Waals surface area contributed by atoms with Gasteiger partial charge in [0.2, 0.25) is 0 Å². The van der Waals surface area contributed by atoms with Crippen LogP contribution in [0.4, 0.5) is 5.69 Å². The normalized spacial score (nSPS) is 11.3.